The number of sulfonamides is 1. The summed E-state index contributed by atoms with van der Waals surface area (Å²) in [4.78, 5) is 8.65. The number of halogens is 1. The monoisotopic (exact) mass is 538 g/mol. The lowest BCUT2D eigenvalue weighted by Crippen LogP contribution is -2.30. The molecule has 0 saturated carbocycles. The van der Waals surface area contributed by atoms with E-state index in [1.807, 2.05) is 38.1 Å². The van der Waals surface area contributed by atoms with Crippen LogP contribution in [0.5, 0.6) is 0 Å². The van der Waals surface area contributed by atoms with E-state index >= 15 is 0 Å². The van der Waals surface area contributed by atoms with Crippen LogP contribution in [0.1, 0.15) is 13.8 Å². The number of nitrogens with one attached hydrogen (secondary N) is 2. The second kappa shape index (κ2) is 9.58. The number of nitrogen functional groups attached to an aromatic ring is 1. The van der Waals surface area contributed by atoms with E-state index in [0.29, 0.717) is 36.1 Å². The molecule has 0 atom stereocenters. The fourth-order valence-corrected chi connectivity index (χ4v) is 4.64. The third-order valence-corrected chi connectivity index (χ3v) is 7.23. The second-order valence-corrected chi connectivity index (χ2v) is 9.54. The third kappa shape index (κ3) is 4.99. The van der Waals surface area contributed by atoms with Crippen LogP contribution in [0.25, 0.3) is 0 Å². The molecule has 10 heteroatoms. The van der Waals surface area contributed by atoms with E-state index < -0.39 is 10.0 Å². The molecule has 0 spiro atoms. The Morgan fingerprint density at radius 3 is 1.83 bits per heavy atom. The third-order valence-electron chi connectivity index (χ3n) is 4.45. The highest BCUT2D eigenvalue weighted by molar-refractivity contribution is 14.1. The summed E-state index contributed by atoms with van der Waals surface area (Å²) in [5, 5.41) is 6.29. The van der Waals surface area contributed by atoms with Crippen molar-refractivity contribution in [1.29, 1.82) is 0 Å². The van der Waals surface area contributed by atoms with Gasteiger partial charge in [0.2, 0.25) is 10.0 Å². The molecule has 8 nitrogen and oxygen atoms in total. The van der Waals surface area contributed by atoms with Crippen molar-refractivity contribution in [3.63, 3.8) is 0 Å². The number of anilines is 5. The number of nitrogens with zero attached hydrogens (tertiary/aromatic N) is 3. The van der Waals surface area contributed by atoms with Crippen LogP contribution in [-0.4, -0.2) is 35.8 Å². The Kier molecular flexibility index (Phi) is 7.10. The predicted molar refractivity (Wildman–Crippen MR) is 129 cm³/mol. The molecule has 0 radical (unpaired) electrons. The van der Waals surface area contributed by atoms with Crippen LogP contribution in [0.15, 0.2) is 59.8 Å². The zero-order valence-corrected chi connectivity index (χ0v) is 19.6. The number of hydrogen-bond donors (Lipinski definition) is 3. The quantitative estimate of drug-likeness (QED) is 0.369. The van der Waals surface area contributed by atoms with Crippen LogP contribution in [0.4, 0.5) is 28.7 Å². The van der Waals surface area contributed by atoms with Gasteiger partial charge >= 0.3 is 0 Å². The smallest absolute Gasteiger partial charge is 0.243 e. The van der Waals surface area contributed by atoms with Crippen molar-refractivity contribution in [3.05, 3.63) is 58.4 Å². The highest BCUT2D eigenvalue weighted by atomic mass is 127. The summed E-state index contributed by atoms with van der Waals surface area (Å²) in [7, 11) is -3.50. The molecular weight excluding hydrogens is 515 g/mol. The number of hydrogen-bond acceptors (Lipinski definition) is 7. The van der Waals surface area contributed by atoms with Gasteiger partial charge in [-0.2, -0.15) is 4.31 Å². The fourth-order valence-electron chi connectivity index (χ4n) is 2.82. The van der Waals surface area contributed by atoms with Crippen LogP contribution in [0, 0.1) is 3.57 Å². The molecule has 4 N–H and O–H groups in total. The SMILES string of the molecule is CCN(CC)S(=O)(=O)c1ccc(Nc2ncnc(Nc3ccc(I)cc3)c2N)cc1. The van der Waals surface area contributed by atoms with Crippen LogP contribution < -0.4 is 16.4 Å². The average Bonchev–Trinajstić information content (AvgIpc) is 2.73. The molecule has 0 aliphatic heterocycles. The average molecular weight is 538 g/mol. The molecule has 0 amide bonds. The van der Waals surface area contributed by atoms with Crippen LogP contribution in [-0.2, 0) is 10.0 Å². The van der Waals surface area contributed by atoms with Gasteiger partial charge in [-0.25, -0.2) is 18.4 Å². The number of rotatable bonds is 8. The van der Waals surface area contributed by atoms with E-state index in [1.165, 1.54) is 10.6 Å². The summed E-state index contributed by atoms with van der Waals surface area (Å²) in [5.41, 5.74) is 8.11. The lowest BCUT2D eigenvalue weighted by molar-refractivity contribution is 0.445. The molecule has 0 bridgehead atoms. The highest BCUT2D eigenvalue weighted by Gasteiger charge is 2.21. The molecule has 0 aliphatic carbocycles. The van der Waals surface area contributed by atoms with Crippen molar-refractivity contribution in [1.82, 2.24) is 14.3 Å². The Labute approximate surface area is 190 Å². The standard InChI is InChI=1S/C20H23IN6O2S/c1-3-27(4-2)30(28,29)17-11-9-16(10-12-17)26-20-18(22)19(23-13-24-20)25-15-7-5-14(21)6-8-15/h5-13H,3-4,22H2,1-2H3,(H2,23,24,25,26). The molecule has 2 aromatic carbocycles. The van der Waals surface area contributed by atoms with Gasteiger partial charge in [-0.3, -0.25) is 0 Å². The van der Waals surface area contributed by atoms with Crippen LogP contribution in [0.3, 0.4) is 0 Å². The maximum absolute atomic E-state index is 12.6. The Balaban J connectivity index is 1.79. The van der Waals surface area contributed by atoms with E-state index in [1.54, 1.807) is 24.3 Å². The first kappa shape index (κ1) is 22.2. The molecule has 0 unspecified atom stereocenters. The Morgan fingerprint density at radius 1 is 0.900 bits per heavy atom. The Bertz CT molecular complexity index is 1100. The van der Waals surface area contributed by atoms with Gasteiger partial charge < -0.3 is 16.4 Å². The molecule has 1 heterocycles. The van der Waals surface area contributed by atoms with E-state index in [4.69, 9.17) is 5.73 Å². The summed E-state index contributed by atoms with van der Waals surface area (Å²) in [6.45, 7) is 4.48. The first-order chi connectivity index (χ1) is 14.3. The van der Waals surface area contributed by atoms with Crippen LogP contribution >= 0.6 is 22.6 Å². The van der Waals surface area contributed by atoms with Gasteiger partial charge in [0.25, 0.3) is 0 Å². The lowest BCUT2D eigenvalue weighted by Gasteiger charge is -2.18. The number of nitrogens with two attached hydrogens (primary N) is 1. The molecule has 0 saturated heterocycles. The van der Waals surface area contributed by atoms with Crippen molar-refractivity contribution in [2.24, 2.45) is 0 Å². The second-order valence-electron chi connectivity index (χ2n) is 6.36. The Hall–Kier alpha value is -2.44. The minimum absolute atomic E-state index is 0.244. The molecular formula is C20H23IN6O2S. The van der Waals surface area contributed by atoms with Gasteiger partial charge in [-0.15, -0.1) is 0 Å². The van der Waals surface area contributed by atoms with Gasteiger partial charge in [0.1, 0.15) is 12.0 Å². The predicted octanol–water partition coefficient (Wildman–Crippen LogP) is 4.18. The zero-order valence-electron chi connectivity index (χ0n) is 16.6. The van der Waals surface area contributed by atoms with Gasteiger partial charge in [-0.1, -0.05) is 13.8 Å². The van der Waals surface area contributed by atoms with Crippen molar-refractivity contribution >= 4 is 61.3 Å². The summed E-state index contributed by atoms with van der Waals surface area (Å²) in [6, 6.07) is 14.3. The molecule has 158 valence electrons. The maximum atomic E-state index is 12.6. The maximum Gasteiger partial charge on any atom is 0.243 e. The van der Waals surface area contributed by atoms with Gasteiger partial charge in [0.15, 0.2) is 11.6 Å². The summed E-state index contributed by atoms with van der Waals surface area (Å²) in [6.07, 6.45) is 1.41. The molecule has 3 rings (SSSR count). The first-order valence-corrected chi connectivity index (χ1v) is 11.9. The van der Waals surface area contributed by atoms with Crippen molar-refractivity contribution < 1.29 is 8.42 Å². The molecule has 3 aromatic rings. The molecule has 1 aromatic heterocycles. The number of aromatic nitrogens is 2. The van der Waals surface area contributed by atoms with Crippen molar-refractivity contribution in [2.75, 3.05) is 29.5 Å². The number of benzene rings is 2. The minimum atomic E-state index is -3.50. The topological polar surface area (TPSA) is 113 Å². The minimum Gasteiger partial charge on any atom is -0.393 e. The Morgan fingerprint density at radius 2 is 1.37 bits per heavy atom. The summed E-state index contributed by atoms with van der Waals surface area (Å²) >= 11 is 2.24. The normalized spacial score (nSPS) is 11.5. The van der Waals surface area contributed by atoms with Crippen LogP contribution in [0.2, 0.25) is 0 Å². The largest absolute Gasteiger partial charge is 0.393 e. The molecule has 0 fully saturated rings. The zero-order chi connectivity index (χ0) is 21.7. The summed E-state index contributed by atoms with van der Waals surface area (Å²) < 4.78 is 27.8. The van der Waals surface area contributed by atoms with Gasteiger partial charge in [-0.05, 0) is 71.1 Å². The lowest BCUT2D eigenvalue weighted by atomic mass is 10.3. The van der Waals surface area contributed by atoms with Crippen molar-refractivity contribution in [3.8, 4) is 0 Å². The fraction of sp³-hybridized carbons (Fsp3) is 0.200. The summed E-state index contributed by atoms with van der Waals surface area (Å²) in [5.74, 6) is 0.909. The van der Waals surface area contributed by atoms with E-state index in [-0.39, 0.29) is 4.90 Å². The van der Waals surface area contributed by atoms with Crippen molar-refractivity contribution in [2.45, 2.75) is 18.7 Å². The van der Waals surface area contributed by atoms with E-state index in [0.717, 1.165) is 9.26 Å². The van der Waals surface area contributed by atoms with Gasteiger partial charge in [0.05, 0.1) is 4.90 Å². The molecule has 0 aliphatic rings. The van der Waals surface area contributed by atoms with E-state index in [2.05, 4.69) is 43.2 Å². The van der Waals surface area contributed by atoms with Gasteiger partial charge in [0, 0.05) is 28.0 Å². The highest BCUT2D eigenvalue weighted by Crippen LogP contribution is 2.29. The molecule has 30 heavy (non-hydrogen) atoms. The first-order valence-electron chi connectivity index (χ1n) is 9.35. The van der Waals surface area contributed by atoms with E-state index in [9.17, 15) is 8.42 Å².